The number of aromatic amines is 2. The van der Waals surface area contributed by atoms with Gasteiger partial charge in [0.25, 0.3) is 5.56 Å². The molecule has 0 unspecified atom stereocenters. The second-order valence-corrected chi connectivity index (χ2v) is 3.93. The Balaban J connectivity index is 1.92. The fourth-order valence-electron chi connectivity index (χ4n) is 1.51. The first-order valence-electron chi connectivity index (χ1n) is 5.65. The SMILES string of the molecule is Cc1[nH][nH]c(=O)c1CC(=O)N/N=C/c1ccncc1. The average molecular weight is 259 g/mol. The summed E-state index contributed by atoms with van der Waals surface area (Å²) < 4.78 is 0. The molecule has 1 amide bonds. The first-order valence-corrected chi connectivity index (χ1v) is 5.65. The lowest BCUT2D eigenvalue weighted by Crippen LogP contribution is -2.23. The molecule has 98 valence electrons. The molecule has 0 aliphatic rings. The van der Waals surface area contributed by atoms with Crippen LogP contribution in [-0.2, 0) is 11.2 Å². The molecule has 0 radical (unpaired) electrons. The van der Waals surface area contributed by atoms with Crippen LogP contribution in [0.25, 0.3) is 0 Å². The minimum absolute atomic E-state index is 0.0155. The van der Waals surface area contributed by atoms with Crippen molar-refractivity contribution in [3.63, 3.8) is 0 Å². The van der Waals surface area contributed by atoms with Crippen molar-refractivity contribution in [3.05, 3.63) is 51.7 Å². The molecule has 2 aromatic heterocycles. The first kappa shape index (κ1) is 12.7. The fraction of sp³-hybridized carbons (Fsp3) is 0.167. The number of pyridine rings is 1. The van der Waals surface area contributed by atoms with Gasteiger partial charge in [-0.25, -0.2) is 5.43 Å². The maximum Gasteiger partial charge on any atom is 0.267 e. The number of aromatic nitrogens is 3. The molecular formula is C12H13N5O2. The van der Waals surface area contributed by atoms with Crippen molar-refractivity contribution in [2.24, 2.45) is 5.10 Å². The third-order valence-corrected chi connectivity index (χ3v) is 2.54. The minimum Gasteiger partial charge on any atom is -0.302 e. The molecule has 0 aromatic carbocycles. The molecule has 2 aromatic rings. The van der Waals surface area contributed by atoms with Gasteiger partial charge in [0.1, 0.15) is 0 Å². The Labute approximate surface area is 108 Å². The van der Waals surface area contributed by atoms with E-state index in [9.17, 15) is 9.59 Å². The highest BCUT2D eigenvalue weighted by Crippen LogP contribution is 1.97. The first-order chi connectivity index (χ1) is 9.16. The van der Waals surface area contributed by atoms with Gasteiger partial charge in [-0.3, -0.25) is 19.7 Å². The Bertz CT molecular complexity index is 642. The van der Waals surface area contributed by atoms with Gasteiger partial charge in [0.05, 0.1) is 12.6 Å². The largest absolute Gasteiger partial charge is 0.302 e. The van der Waals surface area contributed by atoms with Gasteiger partial charge in [-0.15, -0.1) is 0 Å². The highest BCUT2D eigenvalue weighted by Gasteiger charge is 2.10. The van der Waals surface area contributed by atoms with Gasteiger partial charge >= 0.3 is 0 Å². The van der Waals surface area contributed by atoms with Crippen LogP contribution in [0.4, 0.5) is 0 Å². The Hall–Kier alpha value is -2.70. The number of aryl methyl sites for hydroxylation is 1. The third kappa shape index (κ3) is 3.38. The lowest BCUT2D eigenvalue weighted by atomic mass is 10.2. The molecule has 0 atom stereocenters. The van der Waals surface area contributed by atoms with Crippen LogP contribution in [0.2, 0.25) is 0 Å². The van der Waals surface area contributed by atoms with Gasteiger partial charge in [0.2, 0.25) is 5.91 Å². The molecule has 0 aliphatic heterocycles. The molecule has 2 rings (SSSR count). The summed E-state index contributed by atoms with van der Waals surface area (Å²) in [7, 11) is 0. The molecule has 0 saturated heterocycles. The normalized spacial score (nSPS) is 10.8. The van der Waals surface area contributed by atoms with Crippen molar-refractivity contribution in [1.82, 2.24) is 20.6 Å². The van der Waals surface area contributed by atoms with Gasteiger partial charge in [-0.1, -0.05) is 0 Å². The van der Waals surface area contributed by atoms with Crippen molar-refractivity contribution in [2.45, 2.75) is 13.3 Å². The van der Waals surface area contributed by atoms with Crippen LogP contribution >= 0.6 is 0 Å². The summed E-state index contributed by atoms with van der Waals surface area (Å²) in [6, 6.07) is 3.52. The van der Waals surface area contributed by atoms with E-state index in [0.717, 1.165) is 5.56 Å². The lowest BCUT2D eigenvalue weighted by molar-refractivity contribution is -0.120. The molecule has 0 fully saturated rings. The van der Waals surface area contributed by atoms with E-state index < -0.39 is 0 Å². The summed E-state index contributed by atoms with van der Waals surface area (Å²) in [6.45, 7) is 1.72. The zero-order valence-electron chi connectivity index (χ0n) is 10.3. The van der Waals surface area contributed by atoms with Crippen LogP contribution in [0, 0.1) is 6.92 Å². The van der Waals surface area contributed by atoms with Gasteiger partial charge < -0.3 is 5.10 Å². The zero-order chi connectivity index (χ0) is 13.7. The standard InChI is InChI=1S/C12H13N5O2/c1-8-10(12(19)17-15-8)6-11(18)16-14-7-9-2-4-13-5-3-9/h2-5,7H,6H2,1H3,(H,16,18)(H2,15,17,19)/b14-7+. The second kappa shape index (κ2) is 5.76. The number of nitrogens with one attached hydrogen (secondary N) is 3. The second-order valence-electron chi connectivity index (χ2n) is 3.93. The number of hydrazone groups is 1. The summed E-state index contributed by atoms with van der Waals surface area (Å²) in [4.78, 5) is 26.8. The van der Waals surface area contributed by atoms with E-state index in [2.05, 4.69) is 25.7 Å². The monoisotopic (exact) mass is 259 g/mol. The van der Waals surface area contributed by atoms with E-state index in [0.29, 0.717) is 11.3 Å². The van der Waals surface area contributed by atoms with Crippen LogP contribution in [0.1, 0.15) is 16.8 Å². The summed E-state index contributed by atoms with van der Waals surface area (Å²) in [6.07, 6.45) is 4.75. The summed E-state index contributed by atoms with van der Waals surface area (Å²) in [5, 5.41) is 8.89. The maximum atomic E-state index is 11.6. The van der Waals surface area contributed by atoms with E-state index >= 15 is 0 Å². The van der Waals surface area contributed by atoms with Crippen molar-refractivity contribution in [3.8, 4) is 0 Å². The quantitative estimate of drug-likeness (QED) is 0.536. The van der Waals surface area contributed by atoms with E-state index in [1.165, 1.54) is 6.21 Å². The van der Waals surface area contributed by atoms with E-state index in [1.807, 2.05) is 0 Å². The number of carbonyl (C=O) groups is 1. The number of hydrogen-bond acceptors (Lipinski definition) is 4. The van der Waals surface area contributed by atoms with Crippen molar-refractivity contribution in [1.29, 1.82) is 0 Å². The Kier molecular flexibility index (Phi) is 3.87. The molecule has 7 heteroatoms. The summed E-state index contributed by atoms with van der Waals surface area (Å²) in [5.74, 6) is -0.349. The van der Waals surface area contributed by atoms with Crippen LogP contribution in [0.3, 0.4) is 0 Å². The zero-order valence-corrected chi connectivity index (χ0v) is 10.3. The number of nitrogens with zero attached hydrogens (tertiary/aromatic N) is 2. The Morgan fingerprint density at radius 2 is 2.16 bits per heavy atom. The predicted octanol–water partition coefficient (Wildman–Crippen LogP) is 0.0992. The highest BCUT2D eigenvalue weighted by atomic mass is 16.2. The molecular weight excluding hydrogens is 246 g/mol. The Morgan fingerprint density at radius 3 is 2.79 bits per heavy atom. The van der Waals surface area contributed by atoms with Gasteiger partial charge in [-0.2, -0.15) is 5.10 Å². The number of H-pyrrole nitrogens is 2. The van der Waals surface area contributed by atoms with Gasteiger partial charge in [0.15, 0.2) is 0 Å². The highest BCUT2D eigenvalue weighted by molar-refractivity contribution is 5.83. The lowest BCUT2D eigenvalue weighted by Gasteiger charge is -1.98. The van der Waals surface area contributed by atoms with Gasteiger partial charge in [0, 0.05) is 23.7 Å². The third-order valence-electron chi connectivity index (χ3n) is 2.54. The topological polar surface area (TPSA) is 103 Å². The molecule has 3 N–H and O–H groups in total. The maximum absolute atomic E-state index is 11.6. The summed E-state index contributed by atoms with van der Waals surface area (Å²) in [5.41, 5.74) is 3.97. The fourth-order valence-corrected chi connectivity index (χ4v) is 1.51. The Morgan fingerprint density at radius 1 is 1.42 bits per heavy atom. The smallest absolute Gasteiger partial charge is 0.267 e. The average Bonchev–Trinajstić information content (AvgIpc) is 2.72. The molecule has 0 aliphatic carbocycles. The molecule has 7 nitrogen and oxygen atoms in total. The van der Waals surface area contributed by atoms with E-state index in [-0.39, 0.29) is 17.9 Å². The summed E-state index contributed by atoms with van der Waals surface area (Å²) >= 11 is 0. The number of rotatable bonds is 4. The van der Waals surface area contributed by atoms with E-state index in [1.54, 1.807) is 31.5 Å². The number of amides is 1. The molecule has 0 spiro atoms. The van der Waals surface area contributed by atoms with Crippen molar-refractivity contribution >= 4 is 12.1 Å². The van der Waals surface area contributed by atoms with Gasteiger partial charge in [-0.05, 0) is 24.6 Å². The predicted molar refractivity (Wildman–Crippen MR) is 69.8 cm³/mol. The van der Waals surface area contributed by atoms with Crippen molar-refractivity contribution in [2.75, 3.05) is 0 Å². The van der Waals surface area contributed by atoms with Crippen LogP contribution in [0.5, 0.6) is 0 Å². The minimum atomic E-state index is -0.349. The molecule has 2 heterocycles. The van der Waals surface area contributed by atoms with E-state index in [4.69, 9.17) is 0 Å². The van der Waals surface area contributed by atoms with Crippen molar-refractivity contribution < 1.29 is 4.79 Å². The number of carbonyl (C=O) groups excluding carboxylic acids is 1. The van der Waals surface area contributed by atoms with Crippen LogP contribution in [0.15, 0.2) is 34.4 Å². The molecule has 0 saturated carbocycles. The van der Waals surface area contributed by atoms with Crippen LogP contribution in [-0.4, -0.2) is 27.3 Å². The van der Waals surface area contributed by atoms with Crippen LogP contribution < -0.4 is 11.0 Å². The number of hydrogen-bond donors (Lipinski definition) is 3. The molecule has 19 heavy (non-hydrogen) atoms. The molecule has 0 bridgehead atoms.